The summed E-state index contributed by atoms with van der Waals surface area (Å²) in [5.41, 5.74) is 2.13. The maximum Gasteiger partial charge on any atom is 0.181 e. The fourth-order valence-electron chi connectivity index (χ4n) is 5.06. The minimum absolute atomic E-state index is 0.0177. The lowest BCUT2D eigenvalue weighted by Gasteiger charge is -2.41. The molecular formula is C27H34N4O3S. The number of aromatic nitrogens is 1. The van der Waals surface area contributed by atoms with Crippen LogP contribution in [0.5, 0.6) is 5.75 Å². The largest absolute Gasteiger partial charge is 0.491 e. The van der Waals surface area contributed by atoms with Gasteiger partial charge in [-0.2, -0.15) is 0 Å². The van der Waals surface area contributed by atoms with E-state index in [1.54, 1.807) is 11.3 Å². The predicted octanol–water partition coefficient (Wildman–Crippen LogP) is 3.91. The molecule has 0 unspecified atom stereocenters. The Morgan fingerprint density at radius 1 is 1.17 bits per heavy atom. The van der Waals surface area contributed by atoms with Gasteiger partial charge < -0.3 is 14.6 Å². The first-order chi connectivity index (χ1) is 16.9. The second-order valence-electron chi connectivity index (χ2n) is 9.60. The Hall–Kier alpha value is -2.52. The maximum atomic E-state index is 10.7. The molecule has 0 amide bonds. The molecule has 186 valence electrons. The minimum atomic E-state index is -0.546. The number of aliphatic imine (C=N–C) groups is 1. The molecule has 0 radical (unpaired) electrons. The predicted molar refractivity (Wildman–Crippen MR) is 140 cm³/mol. The highest BCUT2D eigenvalue weighted by molar-refractivity contribution is 7.18. The van der Waals surface area contributed by atoms with Crippen LogP contribution in [0.1, 0.15) is 30.5 Å². The number of aliphatic hydroxyl groups excluding tert-OH is 1. The van der Waals surface area contributed by atoms with E-state index in [1.807, 2.05) is 38.1 Å². The van der Waals surface area contributed by atoms with E-state index < -0.39 is 6.10 Å². The van der Waals surface area contributed by atoms with E-state index in [9.17, 15) is 5.11 Å². The number of β-amino-alcohol motifs (C(OH)–C–C–N with tert-alkyl or cyclic N) is 1. The van der Waals surface area contributed by atoms with Crippen molar-refractivity contribution in [3.05, 3.63) is 59.1 Å². The number of nitrogens with zero attached hydrogens (tertiary/aromatic N) is 4. The minimum Gasteiger partial charge on any atom is -0.491 e. The van der Waals surface area contributed by atoms with E-state index >= 15 is 0 Å². The van der Waals surface area contributed by atoms with Gasteiger partial charge >= 0.3 is 0 Å². The van der Waals surface area contributed by atoms with Gasteiger partial charge in [-0.1, -0.05) is 30.3 Å². The van der Waals surface area contributed by atoms with Crippen molar-refractivity contribution in [2.75, 3.05) is 39.3 Å². The quantitative estimate of drug-likeness (QED) is 0.512. The molecular weight excluding hydrogens is 460 g/mol. The van der Waals surface area contributed by atoms with Crippen molar-refractivity contribution in [1.82, 2.24) is 14.8 Å². The summed E-state index contributed by atoms with van der Waals surface area (Å²) in [7, 11) is 0. The van der Waals surface area contributed by atoms with E-state index in [1.165, 1.54) is 5.56 Å². The van der Waals surface area contributed by atoms with Crippen LogP contribution in [0.25, 0.3) is 10.2 Å². The Bertz CT molecular complexity index is 1170. The fourth-order valence-corrected chi connectivity index (χ4v) is 5.87. The summed E-state index contributed by atoms with van der Waals surface area (Å²) in [4.78, 5) is 14.1. The molecule has 35 heavy (non-hydrogen) atoms. The summed E-state index contributed by atoms with van der Waals surface area (Å²) in [5, 5.41) is 11.7. The molecule has 0 spiro atoms. The molecule has 2 aliphatic rings. The molecule has 5 rings (SSSR count). The lowest BCUT2D eigenvalue weighted by Crippen LogP contribution is -2.55. The van der Waals surface area contributed by atoms with Crippen LogP contribution in [-0.4, -0.2) is 83.3 Å². The van der Waals surface area contributed by atoms with Crippen LogP contribution in [0, 0.1) is 6.92 Å². The number of thiazole rings is 1. The van der Waals surface area contributed by atoms with Crippen LogP contribution in [0.2, 0.25) is 0 Å². The summed E-state index contributed by atoms with van der Waals surface area (Å²) < 4.78 is 13.1. The van der Waals surface area contributed by atoms with Crippen LogP contribution >= 0.6 is 11.3 Å². The van der Waals surface area contributed by atoms with Gasteiger partial charge in [0.2, 0.25) is 0 Å². The smallest absolute Gasteiger partial charge is 0.181 e. The standard InChI is InChI=1S/C27H34N4O3S/c1-18-14-30(16-25-27(34-19(2)28-25)21-7-5-4-6-8-21)11-12-31(18)15-22(32)17-33-23-9-10-26-24(13-23)29-20(3)35-26/h4-10,13,18,22,25,27,32H,11-12,14-17H2,1-3H3/t18-,22+,25-,27-/m0/s1. The van der Waals surface area contributed by atoms with Gasteiger partial charge in [0, 0.05) is 51.8 Å². The molecule has 0 saturated carbocycles. The number of aryl methyl sites for hydroxylation is 1. The molecule has 1 fully saturated rings. The first kappa shape index (κ1) is 24.2. The molecule has 2 aromatic carbocycles. The van der Waals surface area contributed by atoms with E-state index in [0.717, 1.165) is 53.1 Å². The van der Waals surface area contributed by atoms with Crippen molar-refractivity contribution in [3.63, 3.8) is 0 Å². The van der Waals surface area contributed by atoms with Crippen molar-refractivity contribution in [1.29, 1.82) is 0 Å². The zero-order valence-electron chi connectivity index (χ0n) is 20.6. The summed E-state index contributed by atoms with van der Waals surface area (Å²) in [6.07, 6.45) is -0.564. The zero-order chi connectivity index (χ0) is 24.4. The molecule has 3 heterocycles. The van der Waals surface area contributed by atoms with Gasteiger partial charge in [-0.3, -0.25) is 9.80 Å². The number of piperazine rings is 1. The summed E-state index contributed by atoms with van der Waals surface area (Å²) >= 11 is 1.68. The van der Waals surface area contributed by atoms with Gasteiger partial charge in [0.25, 0.3) is 0 Å². The van der Waals surface area contributed by atoms with Gasteiger partial charge in [0.05, 0.1) is 15.2 Å². The Labute approximate surface area is 211 Å². The molecule has 3 aromatic rings. The number of benzene rings is 2. The average molecular weight is 495 g/mol. The second kappa shape index (κ2) is 10.6. The third-order valence-corrected chi connectivity index (χ3v) is 7.72. The Morgan fingerprint density at radius 3 is 2.80 bits per heavy atom. The highest BCUT2D eigenvalue weighted by Gasteiger charge is 2.34. The van der Waals surface area contributed by atoms with Crippen molar-refractivity contribution in [3.8, 4) is 5.75 Å². The fraction of sp³-hybridized carbons (Fsp3) is 0.481. The Morgan fingerprint density at radius 2 is 2.00 bits per heavy atom. The molecule has 1 saturated heterocycles. The van der Waals surface area contributed by atoms with E-state index in [0.29, 0.717) is 12.6 Å². The van der Waals surface area contributed by atoms with Gasteiger partial charge in [0.15, 0.2) is 5.90 Å². The molecule has 1 aromatic heterocycles. The number of rotatable bonds is 8. The monoisotopic (exact) mass is 494 g/mol. The molecule has 0 bridgehead atoms. The third-order valence-electron chi connectivity index (χ3n) is 6.77. The number of hydrogen-bond donors (Lipinski definition) is 1. The van der Waals surface area contributed by atoms with Crippen LogP contribution in [0.3, 0.4) is 0 Å². The topological polar surface area (TPSA) is 70.4 Å². The van der Waals surface area contributed by atoms with E-state index in [-0.39, 0.29) is 18.8 Å². The first-order valence-electron chi connectivity index (χ1n) is 12.3. The molecule has 8 heteroatoms. The molecule has 1 N–H and O–H groups in total. The van der Waals surface area contributed by atoms with Crippen molar-refractivity contribution in [2.24, 2.45) is 4.99 Å². The highest BCUT2D eigenvalue weighted by atomic mass is 32.1. The van der Waals surface area contributed by atoms with E-state index in [2.05, 4.69) is 46.0 Å². The summed E-state index contributed by atoms with van der Waals surface area (Å²) in [6, 6.07) is 16.8. The lowest BCUT2D eigenvalue weighted by atomic mass is 10.0. The highest BCUT2D eigenvalue weighted by Crippen LogP contribution is 2.30. The first-order valence-corrected chi connectivity index (χ1v) is 13.2. The Kier molecular flexibility index (Phi) is 7.34. The second-order valence-corrected chi connectivity index (χ2v) is 10.8. The van der Waals surface area contributed by atoms with Crippen molar-refractivity contribution >= 4 is 27.5 Å². The van der Waals surface area contributed by atoms with Gasteiger partial charge in [0.1, 0.15) is 30.6 Å². The molecule has 2 aliphatic heterocycles. The summed E-state index contributed by atoms with van der Waals surface area (Å²) in [6.45, 7) is 10.7. The third kappa shape index (κ3) is 5.83. The molecule has 7 nitrogen and oxygen atoms in total. The number of ether oxygens (including phenoxy) is 2. The summed E-state index contributed by atoms with van der Waals surface area (Å²) in [5.74, 6) is 1.52. The SMILES string of the molecule is CC1=N[C@@H](CN2CCN(C[C@@H](O)COc3ccc4sc(C)nc4c3)[C@@H](C)C2)[C@H](c2ccccc2)O1. The lowest BCUT2D eigenvalue weighted by molar-refractivity contribution is 0.0178. The Balaban J connectivity index is 1.10. The van der Waals surface area contributed by atoms with Crippen LogP contribution < -0.4 is 4.74 Å². The zero-order valence-corrected chi connectivity index (χ0v) is 21.4. The number of fused-ring (bicyclic) bond motifs is 1. The van der Waals surface area contributed by atoms with Gasteiger partial charge in [-0.25, -0.2) is 9.98 Å². The van der Waals surface area contributed by atoms with Crippen molar-refractivity contribution < 1.29 is 14.6 Å². The van der Waals surface area contributed by atoms with Crippen molar-refractivity contribution in [2.45, 2.75) is 45.1 Å². The van der Waals surface area contributed by atoms with Crippen LogP contribution in [-0.2, 0) is 4.74 Å². The molecule has 0 aliphatic carbocycles. The van der Waals surface area contributed by atoms with Crippen LogP contribution in [0.15, 0.2) is 53.5 Å². The number of aliphatic hydroxyl groups is 1. The molecule has 4 atom stereocenters. The number of hydrogen-bond acceptors (Lipinski definition) is 8. The van der Waals surface area contributed by atoms with E-state index in [4.69, 9.17) is 14.5 Å². The van der Waals surface area contributed by atoms with Gasteiger partial charge in [-0.15, -0.1) is 11.3 Å². The maximum absolute atomic E-state index is 10.7. The average Bonchev–Trinajstić information content (AvgIpc) is 3.40. The van der Waals surface area contributed by atoms with Crippen LogP contribution in [0.4, 0.5) is 0 Å². The normalized spacial score (nSPS) is 24.3. The van der Waals surface area contributed by atoms with Gasteiger partial charge in [-0.05, 0) is 31.5 Å².